The van der Waals surface area contributed by atoms with Crippen LogP contribution in [-0.2, 0) is 19.2 Å². The molecule has 1 unspecified atom stereocenters. The Labute approximate surface area is 161 Å². The number of nitrogens with one attached hydrogen (secondary N) is 3. The van der Waals surface area contributed by atoms with Gasteiger partial charge in [-0.2, -0.15) is 0 Å². The van der Waals surface area contributed by atoms with Gasteiger partial charge in [0, 0.05) is 32.4 Å². The molecule has 0 radical (unpaired) electrons. The van der Waals surface area contributed by atoms with E-state index in [-0.39, 0.29) is 49.3 Å². The number of carbonyl (C=O) groups is 4. The maximum atomic E-state index is 12.3. The Hall–Kier alpha value is -2.12. The Bertz CT molecular complexity index is 482. The van der Waals surface area contributed by atoms with Crippen LogP contribution in [0.5, 0.6) is 0 Å². The van der Waals surface area contributed by atoms with Gasteiger partial charge < -0.3 is 21.1 Å². The first-order chi connectivity index (χ1) is 12.8. The molecule has 8 heteroatoms. The van der Waals surface area contributed by atoms with Crippen LogP contribution in [0.1, 0.15) is 72.1 Å². The van der Waals surface area contributed by atoms with Crippen LogP contribution in [0.2, 0.25) is 0 Å². The molecule has 8 nitrogen and oxygen atoms in total. The largest absolute Gasteiger partial charge is 0.481 e. The second-order valence-electron chi connectivity index (χ2n) is 6.91. The number of amides is 3. The van der Waals surface area contributed by atoms with E-state index in [2.05, 4.69) is 16.0 Å². The van der Waals surface area contributed by atoms with Crippen LogP contribution in [0.15, 0.2) is 0 Å². The van der Waals surface area contributed by atoms with Crippen molar-refractivity contribution in [3.63, 3.8) is 0 Å². The third-order valence-corrected chi connectivity index (χ3v) is 4.05. The summed E-state index contributed by atoms with van der Waals surface area (Å²) in [5, 5.41) is 17.0. The molecule has 0 saturated heterocycles. The van der Waals surface area contributed by atoms with Gasteiger partial charge >= 0.3 is 5.97 Å². The summed E-state index contributed by atoms with van der Waals surface area (Å²) in [5.41, 5.74) is 0. The zero-order valence-electron chi connectivity index (χ0n) is 16.8. The maximum Gasteiger partial charge on any atom is 0.303 e. The molecule has 27 heavy (non-hydrogen) atoms. The summed E-state index contributed by atoms with van der Waals surface area (Å²) >= 11 is 0. The summed E-state index contributed by atoms with van der Waals surface area (Å²) in [5.74, 6) is -2.14. The smallest absolute Gasteiger partial charge is 0.303 e. The third kappa shape index (κ3) is 13.7. The Kier molecular flexibility index (Phi) is 13.8. The molecule has 0 aliphatic rings. The molecule has 4 N–H and O–H groups in total. The quantitative estimate of drug-likeness (QED) is 0.319. The normalized spacial score (nSPS) is 12.7. The van der Waals surface area contributed by atoms with Crippen molar-refractivity contribution < 1.29 is 24.3 Å². The number of hydrogen-bond donors (Lipinski definition) is 4. The van der Waals surface area contributed by atoms with E-state index in [9.17, 15) is 19.2 Å². The van der Waals surface area contributed by atoms with Gasteiger partial charge in [-0.15, -0.1) is 0 Å². The van der Waals surface area contributed by atoms with Crippen molar-refractivity contribution in [1.82, 2.24) is 16.0 Å². The third-order valence-electron chi connectivity index (χ3n) is 4.05. The maximum absolute atomic E-state index is 12.3. The number of hydrogen-bond acceptors (Lipinski definition) is 4. The van der Waals surface area contributed by atoms with Gasteiger partial charge in [0.1, 0.15) is 6.04 Å². The SMILES string of the molecule is CCCCNC(=O)CC[C@H](NC(=O)CC(C)CC(=O)O)C(=O)NCCCC. The molecule has 0 heterocycles. The average molecular weight is 386 g/mol. The van der Waals surface area contributed by atoms with E-state index in [0.717, 1.165) is 25.7 Å². The first-order valence-electron chi connectivity index (χ1n) is 9.85. The molecule has 156 valence electrons. The zero-order chi connectivity index (χ0) is 20.7. The summed E-state index contributed by atoms with van der Waals surface area (Å²) < 4.78 is 0. The van der Waals surface area contributed by atoms with Crippen LogP contribution in [-0.4, -0.2) is 47.9 Å². The Morgan fingerprint density at radius 2 is 1.48 bits per heavy atom. The Morgan fingerprint density at radius 3 is 2.04 bits per heavy atom. The van der Waals surface area contributed by atoms with Gasteiger partial charge in [-0.1, -0.05) is 33.6 Å². The van der Waals surface area contributed by atoms with E-state index in [1.54, 1.807) is 6.92 Å². The van der Waals surface area contributed by atoms with E-state index in [1.165, 1.54) is 0 Å². The second kappa shape index (κ2) is 15.0. The van der Waals surface area contributed by atoms with Crippen molar-refractivity contribution >= 4 is 23.7 Å². The summed E-state index contributed by atoms with van der Waals surface area (Å²) in [7, 11) is 0. The first kappa shape index (κ1) is 24.9. The highest BCUT2D eigenvalue weighted by atomic mass is 16.4. The number of rotatable bonds is 15. The minimum Gasteiger partial charge on any atom is -0.481 e. The van der Waals surface area contributed by atoms with E-state index < -0.39 is 12.0 Å². The van der Waals surface area contributed by atoms with Crippen LogP contribution < -0.4 is 16.0 Å². The second-order valence-corrected chi connectivity index (χ2v) is 6.91. The molecule has 0 aromatic rings. The number of aliphatic carboxylic acids is 1. The van der Waals surface area contributed by atoms with Crippen molar-refractivity contribution in [2.24, 2.45) is 5.92 Å². The summed E-state index contributed by atoms with van der Waals surface area (Å²) in [6, 6.07) is -0.802. The number of carboxylic acids is 1. The first-order valence-corrected chi connectivity index (χ1v) is 9.85. The number of unbranched alkanes of at least 4 members (excludes halogenated alkanes) is 2. The molecule has 0 saturated carbocycles. The summed E-state index contributed by atoms with van der Waals surface area (Å²) in [4.78, 5) is 47.1. The van der Waals surface area contributed by atoms with E-state index in [4.69, 9.17) is 5.11 Å². The Morgan fingerprint density at radius 1 is 0.889 bits per heavy atom. The lowest BCUT2D eigenvalue weighted by atomic mass is 10.0. The topological polar surface area (TPSA) is 125 Å². The minimum atomic E-state index is -0.965. The van der Waals surface area contributed by atoms with Crippen molar-refractivity contribution in [1.29, 1.82) is 0 Å². The van der Waals surface area contributed by atoms with Gasteiger partial charge in [-0.25, -0.2) is 0 Å². The van der Waals surface area contributed by atoms with E-state index in [0.29, 0.717) is 13.1 Å². The highest BCUT2D eigenvalue weighted by Gasteiger charge is 2.22. The van der Waals surface area contributed by atoms with E-state index >= 15 is 0 Å². The van der Waals surface area contributed by atoms with Crippen molar-refractivity contribution in [3.05, 3.63) is 0 Å². The number of carbonyl (C=O) groups excluding carboxylic acids is 3. The zero-order valence-corrected chi connectivity index (χ0v) is 16.8. The van der Waals surface area contributed by atoms with Crippen LogP contribution >= 0.6 is 0 Å². The monoisotopic (exact) mass is 385 g/mol. The molecular weight excluding hydrogens is 350 g/mol. The number of carboxylic acid groups (broad SMARTS) is 1. The standard InChI is InChI=1S/C19H35N3O5/c1-4-6-10-20-16(23)9-8-15(19(27)21-11-7-5-2)22-17(24)12-14(3)13-18(25)26/h14-15H,4-13H2,1-3H3,(H,20,23)(H,21,27)(H,22,24)(H,25,26)/t14?,15-/m0/s1. The fraction of sp³-hybridized carbons (Fsp3) is 0.789. The molecular formula is C19H35N3O5. The molecule has 2 atom stereocenters. The molecule has 0 aliphatic heterocycles. The van der Waals surface area contributed by atoms with Gasteiger partial charge in [0.15, 0.2) is 0 Å². The fourth-order valence-corrected chi connectivity index (χ4v) is 2.49. The van der Waals surface area contributed by atoms with Crippen molar-refractivity contribution in [2.45, 2.75) is 78.2 Å². The minimum absolute atomic E-state index is 0.0216. The van der Waals surface area contributed by atoms with Crippen LogP contribution in [0.25, 0.3) is 0 Å². The molecule has 0 spiro atoms. The molecule has 0 aromatic carbocycles. The predicted molar refractivity (Wildman–Crippen MR) is 103 cm³/mol. The van der Waals surface area contributed by atoms with Gasteiger partial charge in [0.2, 0.25) is 17.7 Å². The lowest BCUT2D eigenvalue weighted by molar-refractivity contribution is -0.138. The van der Waals surface area contributed by atoms with Crippen molar-refractivity contribution in [3.8, 4) is 0 Å². The molecule has 0 aromatic heterocycles. The average Bonchev–Trinajstić information content (AvgIpc) is 2.58. The van der Waals surface area contributed by atoms with Gasteiger partial charge in [0.25, 0.3) is 0 Å². The van der Waals surface area contributed by atoms with Crippen LogP contribution in [0, 0.1) is 5.92 Å². The highest BCUT2D eigenvalue weighted by Crippen LogP contribution is 2.08. The lowest BCUT2D eigenvalue weighted by Gasteiger charge is -2.19. The van der Waals surface area contributed by atoms with Gasteiger partial charge in [-0.3, -0.25) is 19.2 Å². The van der Waals surface area contributed by atoms with E-state index in [1.807, 2.05) is 13.8 Å². The molecule has 0 fully saturated rings. The Balaban J connectivity index is 4.62. The molecule has 0 bridgehead atoms. The fourth-order valence-electron chi connectivity index (χ4n) is 2.49. The van der Waals surface area contributed by atoms with Crippen molar-refractivity contribution in [2.75, 3.05) is 13.1 Å². The van der Waals surface area contributed by atoms with Gasteiger partial charge in [0.05, 0.1) is 0 Å². The summed E-state index contributed by atoms with van der Waals surface area (Å²) in [6.07, 6.45) is 3.89. The lowest BCUT2D eigenvalue weighted by Crippen LogP contribution is -2.47. The highest BCUT2D eigenvalue weighted by molar-refractivity contribution is 5.88. The predicted octanol–water partition coefficient (Wildman–Crippen LogP) is 1.58. The molecule has 0 aliphatic carbocycles. The van der Waals surface area contributed by atoms with Gasteiger partial charge in [-0.05, 0) is 25.2 Å². The van der Waals surface area contributed by atoms with Crippen LogP contribution in [0.3, 0.4) is 0 Å². The van der Waals surface area contributed by atoms with Crippen LogP contribution in [0.4, 0.5) is 0 Å². The molecule has 0 rings (SSSR count). The summed E-state index contributed by atoms with van der Waals surface area (Å²) in [6.45, 7) is 6.83. The molecule has 3 amide bonds.